The van der Waals surface area contributed by atoms with Gasteiger partial charge in [-0.1, -0.05) is 45.4 Å². The molecule has 0 aliphatic heterocycles. The van der Waals surface area contributed by atoms with E-state index in [-0.39, 0.29) is 12.1 Å². The summed E-state index contributed by atoms with van der Waals surface area (Å²) in [5.41, 5.74) is 0. The first-order valence-electron chi connectivity index (χ1n) is 8.23. The number of rotatable bonds is 13. The second-order valence-electron chi connectivity index (χ2n) is 5.74. The summed E-state index contributed by atoms with van der Waals surface area (Å²) in [7, 11) is 0. The van der Waals surface area contributed by atoms with Gasteiger partial charge < -0.3 is 9.53 Å². The summed E-state index contributed by atoms with van der Waals surface area (Å²) in [4.78, 5) is 21.8. The van der Waals surface area contributed by atoms with Crippen molar-refractivity contribution < 1.29 is 14.3 Å². The molecule has 0 aliphatic rings. The van der Waals surface area contributed by atoms with Gasteiger partial charge in [-0.25, -0.2) is 0 Å². The van der Waals surface area contributed by atoms with E-state index in [1.54, 1.807) is 6.92 Å². The predicted molar refractivity (Wildman–Crippen MR) is 82.7 cm³/mol. The molecule has 0 saturated carbocycles. The predicted octanol–water partition coefficient (Wildman–Crippen LogP) is 4.82. The Labute approximate surface area is 124 Å². The Kier molecular flexibility index (Phi) is 12.6. The molecule has 0 saturated heterocycles. The minimum atomic E-state index is -0.157. The first kappa shape index (κ1) is 19.1. The van der Waals surface area contributed by atoms with Gasteiger partial charge in [-0.05, 0) is 32.6 Å². The van der Waals surface area contributed by atoms with Gasteiger partial charge in [-0.15, -0.1) is 0 Å². The average Bonchev–Trinajstić information content (AvgIpc) is 2.37. The minimum absolute atomic E-state index is 0.116. The molecule has 0 aromatic rings. The summed E-state index contributed by atoms with van der Waals surface area (Å²) in [6, 6.07) is 0. The first-order valence-corrected chi connectivity index (χ1v) is 8.23. The third-order valence-corrected chi connectivity index (χ3v) is 3.52. The SMILES string of the molecule is CCCCC(CCCCCCCCC(C)=O)OC(C)=O. The van der Waals surface area contributed by atoms with Gasteiger partial charge >= 0.3 is 5.97 Å². The molecule has 0 heterocycles. The Balaban J connectivity index is 3.52. The minimum Gasteiger partial charge on any atom is -0.463 e. The highest BCUT2D eigenvalue weighted by Crippen LogP contribution is 2.15. The van der Waals surface area contributed by atoms with Crippen LogP contribution >= 0.6 is 0 Å². The molecule has 0 bridgehead atoms. The van der Waals surface area contributed by atoms with Crippen molar-refractivity contribution in [2.24, 2.45) is 0 Å². The molecule has 0 radical (unpaired) electrons. The average molecular weight is 284 g/mol. The van der Waals surface area contributed by atoms with Crippen LogP contribution in [-0.2, 0) is 14.3 Å². The molecule has 0 amide bonds. The zero-order valence-electron chi connectivity index (χ0n) is 13.6. The first-order chi connectivity index (χ1) is 9.56. The molecular formula is C17H32O3. The van der Waals surface area contributed by atoms with E-state index in [4.69, 9.17) is 4.74 Å². The number of hydrogen-bond donors (Lipinski definition) is 0. The fraction of sp³-hybridized carbons (Fsp3) is 0.882. The van der Waals surface area contributed by atoms with Crippen LogP contribution in [0.3, 0.4) is 0 Å². The van der Waals surface area contributed by atoms with E-state index >= 15 is 0 Å². The zero-order chi connectivity index (χ0) is 15.2. The molecule has 0 N–H and O–H groups in total. The Morgan fingerprint density at radius 1 is 0.850 bits per heavy atom. The van der Waals surface area contributed by atoms with E-state index in [0.29, 0.717) is 5.78 Å². The summed E-state index contributed by atoms with van der Waals surface area (Å²) in [6.07, 6.45) is 12.1. The lowest BCUT2D eigenvalue weighted by molar-refractivity contribution is -0.147. The summed E-state index contributed by atoms with van der Waals surface area (Å²) in [6.45, 7) is 5.31. The highest BCUT2D eigenvalue weighted by Gasteiger charge is 2.10. The molecule has 0 fully saturated rings. The van der Waals surface area contributed by atoms with E-state index in [1.807, 2.05) is 0 Å². The van der Waals surface area contributed by atoms with Gasteiger partial charge in [0.2, 0.25) is 0 Å². The van der Waals surface area contributed by atoms with E-state index in [1.165, 1.54) is 26.2 Å². The molecule has 20 heavy (non-hydrogen) atoms. The number of carbonyl (C=O) groups is 2. The van der Waals surface area contributed by atoms with Crippen molar-refractivity contribution in [3.63, 3.8) is 0 Å². The van der Waals surface area contributed by atoms with Crippen LogP contribution in [-0.4, -0.2) is 17.9 Å². The number of unbranched alkanes of at least 4 members (excludes halogenated alkanes) is 6. The van der Waals surface area contributed by atoms with Crippen LogP contribution in [0.15, 0.2) is 0 Å². The third-order valence-electron chi connectivity index (χ3n) is 3.52. The second-order valence-corrected chi connectivity index (χ2v) is 5.74. The normalized spacial score (nSPS) is 12.2. The molecule has 3 nitrogen and oxygen atoms in total. The topological polar surface area (TPSA) is 43.4 Å². The van der Waals surface area contributed by atoms with Gasteiger partial charge in [0.25, 0.3) is 0 Å². The number of hydrogen-bond acceptors (Lipinski definition) is 3. The molecule has 118 valence electrons. The number of esters is 1. The smallest absolute Gasteiger partial charge is 0.302 e. The van der Waals surface area contributed by atoms with Crippen LogP contribution in [0.25, 0.3) is 0 Å². The Hall–Kier alpha value is -0.860. The largest absolute Gasteiger partial charge is 0.463 e. The van der Waals surface area contributed by atoms with Gasteiger partial charge in [-0.3, -0.25) is 4.79 Å². The summed E-state index contributed by atoms with van der Waals surface area (Å²) in [5, 5.41) is 0. The van der Waals surface area contributed by atoms with Crippen LogP contribution in [0.1, 0.15) is 91.4 Å². The summed E-state index contributed by atoms with van der Waals surface area (Å²) < 4.78 is 5.35. The van der Waals surface area contributed by atoms with Crippen LogP contribution in [0, 0.1) is 0 Å². The maximum absolute atomic E-state index is 11.0. The van der Waals surface area contributed by atoms with E-state index in [2.05, 4.69) is 6.92 Å². The Morgan fingerprint density at radius 3 is 1.95 bits per heavy atom. The van der Waals surface area contributed by atoms with Crippen molar-refractivity contribution in [3.8, 4) is 0 Å². The molecule has 0 aromatic heterocycles. The van der Waals surface area contributed by atoms with Crippen molar-refractivity contribution in [2.45, 2.75) is 97.5 Å². The van der Waals surface area contributed by atoms with Crippen LogP contribution in [0.4, 0.5) is 0 Å². The van der Waals surface area contributed by atoms with Gasteiger partial charge in [-0.2, -0.15) is 0 Å². The van der Waals surface area contributed by atoms with Crippen molar-refractivity contribution in [1.82, 2.24) is 0 Å². The number of ether oxygens (including phenoxy) is 1. The lowest BCUT2D eigenvalue weighted by Crippen LogP contribution is -2.16. The highest BCUT2D eigenvalue weighted by molar-refractivity contribution is 5.75. The Bertz CT molecular complexity index is 261. The molecule has 0 rings (SSSR count). The molecule has 0 spiro atoms. The maximum atomic E-state index is 11.0. The van der Waals surface area contributed by atoms with Gasteiger partial charge in [0.05, 0.1) is 0 Å². The van der Waals surface area contributed by atoms with Gasteiger partial charge in [0.1, 0.15) is 11.9 Å². The number of ketones is 1. The van der Waals surface area contributed by atoms with Gasteiger partial charge in [0.15, 0.2) is 0 Å². The van der Waals surface area contributed by atoms with Crippen LogP contribution in [0.2, 0.25) is 0 Å². The Morgan fingerprint density at radius 2 is 1.40 bits per heavy atom. The number of Topliss-reactive ketones (excluding diaryl/α,β-unsaturated/α-hetero) is 1. The van der Waals surface area contributed by atoms with Crippen LogP contribution < -0.4 is 0 Å². The quantitative estimate of drug-likeness (QED) is 0.360. The fourth-order valence-corrected chi connectivity index (χ4v) is 2.38. The lowest BCUT2D eigenvalue weighted by atomic mass is 10.0. The van der Waals surface area contributed by atoms with Crippen LogP contribution in [0.5, 0.6) is 0 Å². The summed E-state index contributed by atoms with van der Waals surface area (Å²) >= 11 is 0. The third kappa shape index (κ3) is 13.6. The number of carbonyl (C=O) groups excluding carboxylic acids is 2. The molecule has 1 unspecified atom stereocenters. The van der Waals surface area contributed by atoms with Crippen molar-refractivity contribution >= 4 is 11.8 Å². The maximum Gasteiger partial charge on any atom is 0.302 e. The molecule has 0 aliphatic carbocycles. The summed E-state index contributed by atoms with van der Waals surface area (Å²) in [5.74, 6) is 0.139. The van der Waals surface area contributed by atoms with Crippen molar-refractivity contribution in [2.75, 3.05) is 0 Å². The molecule has 0 aromatic carbocycles. The molecule has 1 atom stereocenters. The van der Waals surface area contributed by atoms with Crippen molar-refractivity contribution in [3.05, 3.63) is 0 Å². The van der Waals surface area contributed by atoms with Gasteiger partial charge in [0, 0.05) is 13.3 Å². The van der Waals surface area contributed by atoms with E-state index < -0.39 is 0 Å². The standard InChI is InChI=1S/C17H32O3/c1-4-5-13-17(20-16(3)19)14-11-9-7-6-8-10-12-15(2)18/h17H,4-14H2,1-3H3. The zero-order valence-corrected chi connectivity index (χ0v) is 13.6. The fourth-order valence-electron chi connectivity index (χ4n) is 2.38. The van der Waals surface area contributed by atoms with Crippen molar-refractivity contribution in [1.29, 1.82) is 0 Å². The molecule has 3 heteroatoms. The van der Waals surface area contributed by atoms with E-state index in [0.717, 1.165) is 51.4 Å². The molecular weight excluding hydrogens is 252 g/mol. The lowest BCUT2D eigenvalue weighted by Gasteiger charge is -2.16. The highest BCUT2D eigenvalue weighted by atomic mass is 16.5. The second kappa shape index (κ2) is 13.1. The monoisotopic (exact) mass is 284 g/mol. The van der Waals surface area contributed by atoms with E-state index in [9.17, 15) is 9.59 Å².